The van der Waals surface area contributed by atoms with Gasteiger partial charge in [0.05, 0.1) is 17.5 Å². The van der Waals surface area contributed by atoms with Crippen molar-refractivity contribution in [3.63, 3.8) is 0 Å². The minimum absolute atomic E-state index is 0.142. The Balaban J connectivity index is 1.75. The Morgan fingerprint density at radius 3 is 2.94 bits per heavy atom. The second-order valence-corrected chi connectivity index (χ2v) is 4.88. The summed E-state index contributed by atoms with van der Waals surface area (Å²) in [5.74, 6) is 0.507. The quantitative estimate of drug-likeness (QED) is 0.710. The third kappa shape index (κ3) is 1.99. The summed E-state index contributed by atoms with van der Waals surface area (Å²) in [6.07, 6.45) is 2.68. The van der Waals surface area contributed by atoms with E-state index in [1.807, 2.05) is 6.07 Å². The molecular formula is C12H16N4O2. The van der Waals surface area contributed by atoms with Crippen LogP contribution in [-0.4, -0.2) is 28.1 Å². The molecule has 1 aromatic heterocycles. The fraction of sp³-hybridized carbons (Fsp3) is 0.500. The molecule has 1 saturated carbocycles. The third-order valence-corrected chi connectivity index (χ3v) is 3.54. The number of hydrogen-bond donors (Lipinski definition) is 3. The molecule has 1 aromatic carbocycles. The number of anilines is 2. The number of nitrogens with zero attached hydrogens (tertiary/aromatic N) is 2. The van der Waals surface area contributed by atoms with Crippen LogP contribution >= 0.6 is 0 Å². The van der Waals surface area contributed by atoms with Gasteiger partial charge in [-0.25, -0.2) is 4.63 Å². The average Bonchev–Trinajstić information content (AvgIpc) is 2.98. The lowest BCUT2D eigenvalue weighted by Crippen LogP contribution is -2.12. The Kier molecular flexibility index (Phi) is 2.79. The molecule has 0 spiro atoms. The van der Waals surface area contributed by atoms with Crippen LogP contribution in [0.25, 0.3) is 11.0 Å². The number of nitrogens with one attached hydrogen (secondary N) is 1. The van der Waals surface area contributed by atoms with E-state index >= 15 is 0 Å². The first kappa shape index (κ1) is 11.3. The van der Waals surface area contributed by atoms with Gasteiger partial charge in [0.2, 0.25) is 0 Å². The minimum atomic E-state index is -0.142. The van der Waals surface area contributed by atoms with Crippen LogP contribution in [0.2, 0.25) is 0 Å². The van der Waals surface area contributed by atoms with Gasteiger partial charge in [-0.1, -0.05) is 0 Å². The lowest BCUT2D eigenvalue weighted by molar-refractivity contribution is 0.178. The molecule has 6 nitrogen and oxygen atoms in total. The largest absolute Gasteiger partial charge is 0.397 e. The fourth-order valence-electron chi connectivity index (χ4n) is 2.52. The molecule has 1 aliphatic rings. The summed E-state index contributed by atoms with van der Waals surface area (Å²) in [7, 11) is 0. The van der Waals surface area contributed by atoms with Crippen molar-refractivity contribution in [2.75, 3.05) is 17.6 Å². The van der Waals surface area contributed by atoms with E-state index in [0.717, 1.165) is 31.5 Å². The predicted octanol–water partition coefficient (Wildman–Crippen LogP) is 1.38. The predicted molar refractivity (Wildman–Crippen MR) is 68.1 cm³/mol. The standard InChI is InChI=1S/C12H16N4O2/c13-9-3-4-10(12-11(9)15-18-16-12)14-6-7-1-2-8(17)5-7/h3-4,7-8,14,17H,1-2,5-6,13H2. The van der Waals surface area contributed by atoms with Gasteiger partial charge in [0.15, 0.2) is 11.0 Å². The maximum atomic E-state index is 9.49. The van der Waals surface area contributed by atoms with Gasteiger partial charge in [-0.15, -0.1) is 0 Å². The highest BCUT2D eigenvalue weighted by molar-refractivity contribution is 5.94. The van der Waals surface area contributed by atoms with Gasteiger partial charge in [0, 0.05) is 6.54 Å². The van der Waals surface area contributed by atoms with Gasteiger partial charge < -0.3 is 16.2 Å². The zero-order valence-corrected chi connectivity index (χ0v) is 9.97. The van der Waals surface area contributed by atoms with Gasteiger partial charge in [-0.2, -0.15) is 0 Å². The van der Waals surface area contributed by atoms with Crippen molar-refractivity contribution in [1.29, 1.82) is 0 Å². The average molecular weight is 248 g/mol. The van der Waals surface area contributed by atoms with Crippen LogP contribution in [0.1, 0.15) is 19.3 Å². The second kappa shape index (κ2) is 4.45. The minimum Gasteiger partial charge on any atom is -0.397 e. The Morgan fingerprint density at radius 1 is 1.33 bits per heavy atom. The smallest absolute Gasteiger partial charge is 0.160 e. The Hall–Kier alpha value is -1.82. The van der Waals surface area contributed by atoms with Crippen LogP contribution in [0, 0.1) is 5.92 Å². The van der Waals surface area contributed by atoms with Gasteiger partial charge in [0.1, 0.15) is 0 Å². The van der Waals surface area contributed by atoms with E-state index in [1.165, 1.54) is 0 Å². The molecule has 4 N–H and O–H groups in total. The number of aliphatic hydroxyl groups excluding tert-OH is 1. The third-order valence-electron chi connectivity index (χ3n) is 3.54. The monoisotopic (exact) mass is 248 g/mol. The highest BCUT2D eigenvalue weighted by Crippen LogP contribution is 2.28. The molecule has 2 unspecified atom stereocenters. The van der Waals surface area contributed by atoms with Crippen molar-refractivity contribution < 1.29 is 9.74 Å². The summed E-state index contributed by atoms with van der Waals surface area (Å²) >= 11 is 0. The molecule has 0 aliphatic heterocycles. The van der Waals surface area contributed by atoms with Gasteiger partial charge in [-0.05, 0) is 47.6 Å². The normalized spacial score (nSPS) is 23.6. The summed E-state index contributed by atoms with van der Waals surface area (Å²) in [6, 6.07) is 3.67. The van der Waals surface area contributed by atoms with Crippen molar-refractivity contribution in [1.82, 2.24) is 10.3 Å². The molecule has 6 heteroatoms. The first-order valence-electron chi connectivity index (χ1n) is 6.16. The lowest BCUT2D eigenvalue weighted by Gasteiger charge is -2.12. The van der Waals surface area contributed by atoms with Crippen molar-refractivity contribution in [2.24, 2.45) is 5.92 Å². The summed E-state index contributed by atoms with van der Waals surface area (Å²) in [4.78, 5) is 0. The molecule has 1 aliphatic carbocycles. The SMILES string of the molecule is Nc1ccc(NCC2CCC(O)C2)c2nonc12. The molecule has 3 rings (SSSR count). The van der Waals surface area contributed by atoms with E-state index in [1.54, 1.807) is 6.07 Å². The van der Waals surface area contributed by atoms with Crippen LogP contribution in [-0.2, 0) is 0 Å². The van der Waals surface area contributed by atoms with Crippen molar-refractivity contribution in [3.8, 4) is 0 Å². The van der Waals surface area contributed by atoms with Crippen LogP contribution in [0.4, 0.5) is 11.4 Å². The first-order chi connectivity index (χ1) is 8.74. The number of nitrogens with two attached hydrogens (primary N) is 1. The fourth-order valence-corrected chi connectivity index (χ4v) is 2.52. The van der Waals surface area contributed by atoms with Crippen molar-refractivity contribution >= 4 is 22.4 Å². The zero-order chi connectivity index (χ0) is 12.5. The van der Waals surface area contributed by atoms with Gasteiger partial charge in [-0.3, -0.25) is 0 Å². The Bertz CT molecular complexity index is 554. The van der Waals surface area contributed by atoms with Crippen molar-refractivity contribution in [2.45, 2.75) is 25.4 Å². The van der Waals surface area contributed by atoms with E-state index < -0.39 is 0 Å². The maximum Gasteiger partial charge on any atom is 0.160 e. The lowest BCUT2D eigenvalue weighted by atomic mass is 10.1. The molecular weight excluding hydrogens is 232 g/mol. The Morgan fingerprint density at radius 2 is 2.17 bits per heavy atom. The topological polar surface area (TPSA) is 97.2 Å². The number of benzene rings is 1. The molecule has 0 bridgehead atoms. The second-order valence-electron chi connectivity index (χ2n) is 4.88. The van der Waals surface area contributed by atoms with E-state index in [0.29, 0.717) is 22.6 Å². The molecule has 2 atom stereocenters. The summed E-state index contributed by atoms with van der Waals surface area (Å²) in [5.41, 5.74) is 8.47. The van der Waals surface area contributed by atoms with E-state index in [2.05, 4.69) is 15.6 Å². The summed E-state index contributed by atoms with van der Waals surface area (Å²) in [5, 5.41) is 20.5. The van der Waals surface area contributed by atoms with E-state index in [4.69, 9.17) is 10.4 Å². The summed E-state index contributed by atoms with van der Waals surface area (Å²) < 4.78 is 4.72. The molecule has 1 fully saturated rings. The van der Waals surface area contributed by atoms with E-state index in [9.17, 15) is 5.11 Å². The summed E-state index contributed by atoms with van der Waals surface area (Å²) in [6.45, 7) is 0.822. The molecule has 18 heavy (non-hydrogen) atoms. The van der Waals surface area contributed by atoms with Crippen LogP contribution in [0.3, 0.4) is 0 Å². The molecule has 2 aromatic rings. The number of hydrogen-bond acceptors (Lipinski definition) is 6. The van der Waals surface area contributed by atoms with Crippen molar-refractivity contribution in [3.05, 3.63) is 12.1 Å². The molecule has 0 saturated heterocycles. The maximum absolute atomic E-state index is 9.49. The molecule has 0 radical (unpaired) electrons. The zero-order valence-electron chi connectivity index (χ0n) is 9.97. The van der Waals surface area contributed by atoms with Crippen LogP contribution < -0.4 is 11.1 Å². The van der Waals surface area contributed by atoms with Crippen LogP contribution in [0.5, 0.6) is 0 Å². The number of aromatic nitrogens is 2. The van der Waals surface area contributed by atoms with E-state index in [-0.39, 0.29) is 6.10 Å². The highest BCUT2D eigenvalue weighted by atomic mass is 16.6. The van der Waals surface area contributed by atoms with Gasteiger partial charge in [0.25, 0.3) is 0 Å². The molecule has 1 heterocycles. The Labute approximate surface area is 104 Å². The number of nitrogen functional groups attached to an aromatic ring is 1. The van der Waals surface area contributed by atoms with Crippen LogP contribution in [0.15, 0.2) is 16.8 Å². The number of rotatable bonds is 3. The first-order valence-corrected chi connectivity index (χ1v) is 6.16. The van der Waals surface area contributed by atoms with Gasteiger partial charge >= 0.3 is 0 Å². The number of aliphatic hydroxyl groups is 1. The molecule has 0 amide bonds. The number of fused-ring (bicyclic) bond motifs is 1. The molecule has 96 valence electrons. The highest BCUT2D eigenvalue weighted by Gasteiger charge is 2.22.